The van der Waals surface area contributed by atoms with Gasteiger partial charge in [0, 0.05) is 19.6 Å². The van der Waals surface area contributed by atoms with E-state index in [1.54, 1.807) is 19.0 Å². The molecule has 102 valence electrons. The van der Waals surface area contributed by atoms with Crippen LogP contribution in [0.3, 0.4) is 0 Å². The molecule has 1 atom stereocenters. The molecule has 1 rings (SSSR count). The molecule has 1 saturated heterocycles. The number of nitriles is 1. The second-order valence-corrected chi connectivity index (χ2v) is 6.92. The Morgan fingerprint density at radius 2 is 2.11 bits per heavy atom. The third kappa shape index (κ3) is 4.27. The molecule has 1 heterocycles. The fraction of sp³-hybridized carbons (Fsp3) is 0.818. The van der Waals surface area contributed by atoms with Crippen LogP contribution in [0.25, 0.3) is 0 Å². The maximum Gasteiger partial charge on any atom is 0.236 e. The van der Waals surface area contributed by atoms with Crippen molar-refractivity contribution in [2.45, 2.75) is 18.9 Å². The molecule has 0 aromatic rings. The number of hydrogen-bond acceptors (Lipinski definition) is 5. The Hall–Kier alpha value is -1.13. The smallest absolute Gasteiger partial charge is 0.236 e. The van der Waals surface area contributed by atoms with E-state index in [9.17, 15) is 13.2 Å². The van der Waals surface area contributed by atoms with Crippen molar-refractivity contribution < 1.29 is 13.2 Å². The topological polar surface area (TPSA) is 81.5 Å². The lowest BCUT2D eigenvalue weighted by Gasteiger charge is -2.25. The van der Waals surface area contributed by atoms with Gasteiger partial charge in [0.2, 0.25) is 5.91 Å². The predicted octanol–water partition coefficient (Wildman–Crippen LogP) is -0.523. The first-order valence-electron chi connectivity index (χ1n) is 5.87. The van der Waals surface area contributed by atoms with Gasteiger partial charge in [-0.15, -0.1) is 0 Å². The van der Waals surface area contributed by atoms with E-state index in [1.165, 1.54) is 4.90 Å². The van der Waals surface area contributed by atoms with Crippen molar-refractivity contribution in [2.75, 3.05) is 38.7 Å². The monoisotopic (exact) mass is 273 g/mol. The standard InChI is InChI=1S/C11H19N3O3S/c1-13(6-3-5-12)11(15)8-14(2)10-4-7-18(16,17)9-10/h10H,3-4,6-9H2,1-2H3. The lowest BCUT2D eigenvalue weighted by atomic mass is 10.2. The Balaban J connectivity index is 2.43. The van der Waals surface area contributed by atoms with Gasteiger partial charge >= 0.3 is 0 Å². The van der Waals surface area contributed by atoms with E-state index >= 15 is 0 Å². The van der Waals surface area contributed by atoms with Crippen LogP contribution in [0.15, 0.2) is 0 Å². The van der Waals surface area contributed by atoms with Crippen LogP contribution in [0.4, 0.5) is 0 Å². The summed E-state index contributed by atoms with van der Waals surface area (Å²) in [6, 6.07) is 1.92. The van der Waals surface area contributed by atoms with Gasteiger partial charge in [0.05, 0.1) is 30.5 Å². The molecule has 18 heavy (non-hydrogen) atoms. The first kappa shape index (κ1) is 14.9. The molecule has 1 aliphatic heterocycles. The van der Waals surface area contributed by atoms with Gasteiger partial charge in [-0.3, -0.25) is 9.69 Å². The van der Waals surface area contributed by atoms with Crippen LogP contribution in [-0.4, -0.2) is 68.9 Å². The number of rotatable bonds is 5. The van der Waals surface area contributed by atoms with Gasteiger partial charge < -0.3 is 4.90 Å². The van der Waals surface area contributed by atoms with Crippen LogP contribution in [0, 0.1) is 11.3 Å². The highest BCUT2D eigenvalue weighted by molar-refractivity contribution is 7.91. The second kappa shape index (κ2) is 6.16. The van der Waals surface area contributed by atoms with Gasteiger partial charge in [0.25, 0.3) is 0 Å². The van der Waals surface area contributed by atoms with Crippen molar-refractivity contribution in [1.82, 2.24) is 9.80 Å². The largest absolute Gasteiger partial charge is 0.344 e. The number of nitrogens with zero attached hydrogens (tertiary/aromatic N) is 3. The first-order valence-corrected chi connectivity index (χ1v) is 7.69. The first-order chi connectivity index (χ1) is 8.35. The molecule has 0 aromatic heterocycles. The van der Waals surface area contributed by atoms with Gasteiger partial charge in [-0.2, -0.15) is 5.26 Å². The number of carbonyl (C=O) groups is 1. The molecule has 0 saturated carbocycles. The maximum atomic E-state index is 11.8. The quantitative estimate of drug-likeness (QED) is 0.673. The summed E-state index contributed by atoms with van der Waals surface area (Å²) < 4.78 is 22.7. The van der Waals surface area contributed by atoms with E-state index in [4.69, 9.17) is 5.26 Å². The zero-order valence-electron chi connectivity index (χ0n) is 10.8. The molecule has 1 fully saturated rings. The summed E-state index contributed by atoms with van der Waals surface area (Å²) in [4.78, 5) is 15.1. The summed E-state index contributed by atoms with van der Waals surface area (Å²) in [6.07, 6.45) is 0.901. The maximum absolute atomic E-state index is 11.8. The molecular formula is C11H19N3O3S. The van der Waals surface area contributed by atoms with Crippen LogP contribution in [0.5, 0.6) is 0 Å². The molecule has 0 aromatic carbocycles. The average Bonchev–Trinajstić information content (AvgIpc) is 2.66. The number of sulfone groups is 1. The number of carbonyl (C=O) groups excluding carboxylic acids is 1. The molecule has 0 aliphatic carbocycles. The van der Waals surface area contributed by atoms with Crippen molar-refractivity contribution in [2.24, 2.45) is 0 Å². The fourth-order valence-electron chi connectivity index (χ4n) is 1.93. The Labute approximate surface area is 108 Å². The van der Waals surface area contributed by atoms with E-state index in [1.807, 2.05) is 6.07 Å². The highest BCUT2D eigenvalue weighted by Gasteiger charge is 2.31. The van der Waals surface area contributed by atoms with Crippen LogP contribution >= 0.6 is 0 Å². The summed E-state index contributed by atoms with van der Waals surface area (Å²) in [5, 5.41) is 8.44. The molecule has 0 bridgehead atoms. The predicted molar refractivity (Wildman–Crippen MR) is 67.6 cm³/mol. The average molecular weight is 273 g/mol. The molecule has 0 N–H and O–H groups in total. The number of likely N-dealkylation sites (N-methyl/N-ethyl adjacent to an activating group) is 2. The van der Waals surface area contributed by atoms with Crippen LogP contribution in [0.1, 0.15) is 12.8 Å². The SMILES string of the molecule is CN(CCC#N)C(=O)CN(C)C1CCS(=O)(=O)C1. The molecule has 1 aliphatic rings. The summed E-state index contributed by atoms with van der Waals surface area (Å²) in [5.74, 6) is 0.260. The van der Waals surface area contributed by atoms with Crippen LogP contribution < -0.4 is 0 Å². The lowest BCUT2D eigenvalue weighted by molar-refractivity contribution is -0.131. The van der Waals surface area contributed by atoms with Gasteiger partial charge in [0.15, 0.2) is 9.84 Å². The minimum absolute atomic E-state index is 0.0664. The van der Waals surface area contributed by atoms with Crippen molar-refractivity contribution in [1.29, 1.82) is 5.26 Å². The molecule has 0 spiro atoms. The Morgan fingerprint density at radius 3 is 2.61 bits per heavy atom. The van der Waals surface area contributed by atoms with E-state index in [0.29, 0.717) is 19.4 Å². The van der Waals surface area contributed by atoms with Crippen molar-refractivity contribution >= 4 is 15.7 Å². The van der Waals surface area contributed by atoms with Crippen molar-refractivity contribution in [3.05, 3.63) is 0 Å². The summed E-state index contributed by atoms with van der Waals surface area (Å²) in [7, 11) is 0.497. The Kier molecular flexibility index (Phi) is 5.11. The van der Waals surface area contributed by atoms with Gasteiger partial charge in [-0.1, -0.05) is 0 Å². The van der Waals surface area contributed by atoms with Gasteiger partial charge in [0.1, 0.15) is 0 Å². The molecular weight excluding hydrogens is 254 g/mol. The third-order valence-electron chi connectivity index (χ3n) is 3.20. The molecule has 0 radical (unpaired) electrons. The zero-order valence-corrected chi connectivity index (χ0v) is 11.6. The normalized spacial score (nSPS) is 21.8. The number of amides is 1. The fourth-order valence-corrected chi connectivity index (χ4v) is 3.73. The van der Waals surface area contributed by atoms with Crippen molar-refractivity contribution in [3.8, 4) is 6.07 Å². The Morgan fingerprint density at radius 1 is 1.44 bits per heavy atom. The van der Waals surface area contributed by atoms with E-state index < -0.39 is 9.84 Å². The lowest BCUT2D eigenvalue weighted by Crippen LogP contribution is -2.42. The van der Waals surface area contributed by atoms with E-state index in [0.717, 1.165) is 0 Å². The van der Waals surface area contributed by atoms with Gasteiger partial charge in [-0.25, -0.2) is 8.42 Å². The number of hydrogen-bond donors (Lipinski definition) is 0. The third-order valence-corrected chi connectivity index (χ3v) is 4.95. The van der Waals surface area contributed by atoms with Crippen LogP contribution in [-0.2, 0) is 14.6 Å². The summed E-state index contributed by atoms with van der Waals surface area (Å²) in [6.45, 7) is 0.605. The van der Waals surface area contributed by atoms with Crippen LogP contribution in [0.2, 0.25) is 0 Å². The van der Waals surface area contributed by atoms with E-state index in [2.05, 4.69) is 0 Å². The van der Waals surface area contributed by atoms with Gasteiger partial charge in [-0.05, 0) is 13.5 Å². The molecule has 6 nitrogen and oxygen atoms in total. The zero-order chi connectivity index (χ0) is 13.8. The summed E-state index contributed by atoms with van der Waals surface area (Å²) >= 11 is 0. The highest BCUT2D eigenvalue weighted by Crippen LogP contribution is 2.16. The minimum atomic E-state index is -2.92. The van der Waals surface area contributed by atoms with Crippen molar-refractivity contribution in [3.63, 3.8) is 0 Å². The molecule has 1 amide bonds. The minimum Gasteiger partial charge on any atom is -0.344 e. The Bertz CT molecular complexity index is 441. The highest BCUT2D eigenvalue weighted by atomic mass is 32.2. The second-order valence-electron chi connectivity index (χ2n) is 4.70. The summed E-state index contributed by atoms with van der Waals surface area (Å²) in [5.41, 5.74) is 0. The van der Waals surface area contributed by atoms with E-state index in [-0.39, 0.29) is 30.0 Å². The molecule has 1 unspecified atom stereocenters. The molecule has 7 heteroatoms.